The van der Waals surface area contributed by atoms with E-state index in [0.29, 0.717) is 12.1 Å². The lowest BCUT2D eigenvalue weighted by atomic mass is 9.95. The fraction of sp³-hybridized carbons (Fsp3) is 0.263. The Morgan fingerprint density at radius 2 is 1.88 bits per heavy atom. The molecule has 0 bridgehead atoms. The van der Waals surface area contributed by atoms with Crippen LogP contribution in [0.15, 0.2) is 24.4 Å². The van der Waals surface area contributed by atoms with Gasteiger partial charge in [-0.05, 0) is 41.8 Å². The molecule has 0 radical (unpaired) electrons. The predicted molar refractivity (Wildman–Crippen MR) is 93.6 cm³/mol. The van der Waals surface area contributed by atoms with E-state index in [-0.39, 0.29) is 0 Å². The van der Waals surface area contributed by atoms with Crippen LogP contribution in [-0.2, 0) is 13.6 Å². The van der Waals surface area contributed by atoms with Crippen LogP contribution in [0.1, 0.15) is 16.7 Å². The van der Waals surface area contributed by atoms with Gasteiger partial charge in [-0.1, -0.05) is 0 Å². The third-order valence-electron chi connectivity index (χ3n) is 4.95. The van der Waals surface area contributed by atoms with Gasteiger partial charge in [-0.3, -0.25) is 0 Å². The van der Waals surface area contributed by atoms with Gasteiger partial charge in [0.1, 0.15) is 0 Å². The Balaban J connectivity index is 2.04. The highest BCUT2D eigenvalue weighted by Gasteiger charge is 2.20. The summed E-state index contributed by atoms with van der Waals surface area (Å²) >= 11 is 0. The van der Waals surface area contributed by atoms with Gasteiger partial charge in [0, 0.05) is 49.7 Å². The van der Waals surface area contributed by atoms with E-state index in [0.717, 1.165) is 34.9 Å². The highest BCUT2D eigenvalue weighted by Crippen LogP contribution is 2.36. The quantitative estimate of drug-likeness (QED) is 0.779. The summed E-state index contributed by atoms with van der Waals surface area (Å²) in [5.74, 6) is -1.63. The van der Waals surface area contributed by atoms with Gasteiger partial charge in [0.2, 0.25) is 0 Å². The van der Waals surface area contributed by atoms with Crippen LogP contribution in [0, 0.1) is 18.6 Å². The maximum Gasteiger partial charge on any atom is 0.160 e. The number of halogens is 2. The lowest BCUT2D eigenvalue weighted by Gasteiger charge is -2.26. The van der Waals surface area contributed by atoms with E-state index < -0.39 is 11.6 Å². The lowest BCUT2D eigenvalue weighted by Crippen LogP contribution is -2.26. The van der Waals surface area contributed by atoms with Gasteiger partial charge in [-0.25, -0.2) is 8.78 Å². The van der Waals surface area contributed by atoms with Crippen molar-refractivity contribution in [1.82, 2.24) is 9.47 Å². The number of rotatable bonds is 2. The number of hydrogen-bond acceptors (Lipinski definition) is 2. The first kappa shape index (κ1) is 15.1. The first-order valence-electron chi connectivity index (χ1n) is 8.03. The maximum atomic E-state index is 13.8. The van der Waals surface area contributed by atoms with Crippen LogP contribution in [0.5, 0.6) is 0 Å². The zero-order valence-electron chi connectivity index (χ0n) is 13.7. The van der Waals surface area contributed by atoms with Gasteiger partial charge in [-0.2, -0.15) is 0 Å². The molecule has 0 unspecified atom stereocenters. The average molecular weight is 327 g/mol. The standard InChI is InChI=1S/C19H19F2N3/c1-11-13-3-5-24(6-4-22)10-12(13)7-15-14-8-16(20)17(21)9-18(14)23(2)19(11)15/h3,5,7-9H,4,6,10,22H2,1-2H3. The predicted octanol–water partition coefficient (Wildman–Crippen LogP) is 3.66. The van der Waals surface area contributed by atoms with Crippen LogP contribution in [0.3, 0.4) is 0 Å². The van der Waals surface area contributed by atoms with E-state index in [1.807, 2.05) is 11.6 Å². The monoisotopic (exact) mass is 327 g/mol. The van der Waals surface area contributed by atoms with Crippen LogP contribution in [0.25, 0.3) is 27.9 Å². The van der Waals surface area contributed by atoms with E-state index in [1.54, 1.807) is 0 Å². The summed E-state index contributed by atoms with van der Waals surface area (Å²) in [7, 11) is 1.90. The van der Waals surface area contributed by atoms with Crippen molar-refractivity contribution in [2.75, 3.05) is 13.1 Å². The number of fused-ring (bicyclic) bond motifs is 4. The molecule has 0 saturated carbocycles. The molecule has 2 aromatic carbocycles. The summed E-state index contributed by atoms with van der Waals surface area (Å²) in [4.78, 5) is 2.17. The molecule has 2 N–H and O–H groups in total. The minimum absolute atomic E-state index is 0.597. The number of hydrogen-bond donors (Lipinski definition) is 1. The van der Waals surface area contributed by atoms with Crippen molar-refractivity contribution in [1.29, 1.82) is 0 Å². The van der Waals surface area contributed by atoms with Crippen molar-refractivity contribution >= 4 is 27.9 Å². The summed E-state index contributed by atoms with van der Waals surface area (Å²) < 4.78 is 29.4. The smallest absolute Gasteiger partial charge is 0.160 e. The number of nitrogens with zero attached hydrogens (tertiary/aromatic N) is 2. The highest BCUT2D eigenvalue weighted by atomic mass is 19.2. The zero-order chi connectivity index (χ0) is 17.0. The van der Waals surface area contributed by atoms with Crippen LogP contribution in [0.2, 0.25) is 0 Å². The maximum absolute atomic E-state index is 13.8. The van der Waals surface area contributed by atoms with Crippen molar-refractivity contribution < 1.29 is 8.78 Å². The van der Waals surface area contributed by atoms with Gasteiger partial charge >= 0.3 is 0 Å². The molecule has 0 saturated heterocycles. The SMILES string of the molecule is Cc1c2c(cc3c4cc(F)c(F)cc4n(C)c13)CN(CCN)C=C2. The molecule has 2 heterocycles. The molecule has 1 aromatic heterocycles. The Kier molecular flexibility index (Phi) is 3.35. The molecule has 0 spiro atoms. The normalized spacial score (nSPS) is 14.0. The third-order valence-corrected chi connectivity index (χ3v) is 4.95. The van der Waals surface area contributed by atoms with Gasteiger partial charge in [0.15, 0.2) is 11.6 Å². The fourth-order valence-electron chi connectivity index (χ4n) is 3.81. The number of benzene rings is 2. The highest BCUT2D eigenvalue weighted by molar-refractivity contribution is 6.10. The van der Waals surface area contributed by atoms with Crippen molar-refractivity contribution in [3.63, 3.8) is 0 Å². The molecular formula is C19H19F2N3. The molecule has 1 aliphatic rings. The second-order valence-electron chi connectivity index (χ2n) is 6.39. The van der Waals surface area contributed by atoms with E-state index >= 15 is 0 Å². The molecule has 124 valence electrons. The Bertz CT molecular complexity index is 1000. The van der Waals surface area contributed by atoms with Crippen LogP contribution >= 0.6 is 0 Å². The molecular weight excluding hydrogens is 308 g/mol. The molecule has 1 aliphatic heterocycles. The van der Waals surface area contributed by atoms with Crippen molar-refractivity contribution in [3.8, 4) is 0 Å². The first-order chi connectivity index (χ1) is 11.5. The minimum atomic E-state index is -0.815. The summed E-state index contributed by atoms with van der Waals surface area (Å²) in [5, 5.41) is 1.71. The third kappa shape index (κ3) is 2.04. The molecule has 4 rings (SSSR count). The lowest BCUT2D eigenvalue weighted by molar-refractivity contribution is 0.376. The number of nitrogens with two attached hydrogens (primary N) is 1. The molecule has 3 nitrogen and oxygen atoms in total. The molecule has 0 aliphatic carbocycles. The Hall–Kier alpha value is -2.40. The Morgan fingerprint density at radius 3 is 2.62 bits per heavy atom. The first-order valence-corrected chi connectivity index (χ1v) is 8.03. The summed E-state index contributed by atoms with van der Waals surface area (Å²) in [6, 6.07) is 4.68. The van der Waals surface area contributed by atoms with E-state index in [4.69, 9.17) is 5.73 Å². The van der Waals surface area contributed by atoms with Crippen molar-refractivity contribution in [3.05, 3.63) is 52.7 Å². The Morgan fingerprint density at radius 1 is 1.12 bits per heavy atom. The van der Waals surface area contributed by atoms with Crippen LogP contribution < -0.4 is 5.73 Å². The molecule has 0 amide bonds. The summed E-state index contributed by atoms with van der Waals surface area (Å²) in [5.41, 5.74) is 10.9. The van der Waals surface area contributed by atoms with Gasteiger partial charge in [-0.15, -0.1) is 0 Å². The molecule has 0 fully saturated rings. The van der Waals surface area contributed by atoms with Gasteiger partial charge in [0.25, 0.3) is 0 Å². The number of aryl methyl sites for hydroxylation is 2. The van der Waals surface area contributed by atoms with Crippen LogP contribution in [0.4, 0.5) is 8.78 Å². The fourth-order valence-corrected chi connectivity index (χ4v) is 3.81. The second kappa shape index (κ2) is 5.31. The van der Waals surface area contributed by atoms with E-state index in [1.165, 1.54) is 23.3 Å². The second-order valence-corrected chi connectivity index (χ2v) is 6.39. The van der Waals surface area contributed by atoms with Crippen LogP contribution in [-0.4, -0.2) is 22.6 Å². The van der Waals surface area contributed by atoms with Gasteiger partial charge < -0.3 is 15.2 Å². The van der Waals surface area contributed by atoms with Crippen molar-refractivity contribution in [2.24, 2.45) is 12.8 Å². The Labute approximate surface area is 139 Å². The zero-order valence-corrected chi connectivity index (χ0v) is 13.7. The van der Waals surface area contributed by atoms with Crippen molar-refractivity contribution in [2.45, 2.75) is 13.5 Å². The van der Waals surface area contributed by atoms with E-state index in [2.05, 4.69) is 30.2 Å². The minimum Gasteiger partial charge on any atom is -0.372 e. The van der Waals surface area contributed by atoms with E-state index in [9.17, 15) is 8.78 Å². The molecule has 0 atom stereocenters. The number of aromatic nitrogens is 1. The average Bonchev–Trinajstić information content (AvgIpc) is 2.81. The summed E-state index contributed by atoms with van der Waals surface area (Å²) in [6.07, 6.45) is 4.16. The molecule has 3 aromatic rings. The molecule has 5 heteroatoms. The molecule has 24 heavy (non-hydrogen) atoms. The topological polar surface area (TPSA) is 34.2 Å². The van der Waals surface area contributed by atoms with Gasteiger partial charge in [0.05, 0.1) is 11.0 Å². The summed E-state index contributed by atoms with van der Waals surface area (Å²) in [6.45, 7) is 4.23. The largest absolute Gasteiger partial charge is 0.372 e.